The SMILES string of the molecule is CC[C@H](C)[C@H](NC(=O)[C@H](CCC(=O)O)NC(=O)[C@H](CO)NC(=O)[C@H](CCC(=O)O)NC(=O)[C@H](CCCN=C(N)N)NC(=O)[C@@H](N)CCCN=C(N)N)C(=O)O. The lowest BCUT2D eigenvalue weighted by Gasteiger charge is -2.27. The molecule has 55 heavy (non-hydrogen) atoms. The summed E-state index contributed by atoms with van der Waals surface area (Å²) in [6.45, 7) is 2.37. The second-order valence-corrected chi connectivity index (χ2v) is 12.5. The lowest BCUT2D eigenvalue weighted by atomic mass is 9.98. The van der Waals surface area contributed by atoms with Crippen LogP contribution in [0.3, 0.4) is 0 Å². The third-order valence-electron chi connectivity index (χ3n) is 8.03. The number of guanidine groups is 2. The van der Waals surface area contributed by atoms with Crippen molar-refractivity contribution in [3.05, 3.63) is 0 Å². The Kier molecular flexibility index (Phi) is 23.3. The second kappa shape index (κ2) is 26.1. The number of hydrogen-bond donors (Lipinski definition) is 14. The molecule has 24 heteroatoms. The highest BCUT2D eigenvalue weighted by molar-refractivity contribution is 5.96. The summed E-state index contributed by atoms with van der Waals surface area (Å²) in [5.74, 6) is -10.1. The normalized spacial score (nSPS) is 14.5. The number of aliphatic imine (C=N–C) groups is 2. The minimum Gasteiger partial charge on any atom is -0.481 e. The maximum Gasteiger partial charge on any atom is 0.326 e. The zero-order chi connectivity index (χ0) is 42.2. The van der Waals surface area contributed by atoms with Gasteiger partial charge in [0.2, 0.25) is 29.5 Å². The van der Waals surface area contributed by atoms with E-state index in [-0.39, 0.29) is 44.3 Å². The molecule has 0 fully saturated rings. The lowest BCUT2D eigenvalue weighted by molar-refractivity contribution is -0.144. The third-order valence-corrected chi connectivity index (χ3v) is 8.03. The molecule has 0 aliphatic heterocycles. The molecule has 0 aliphatic rings. The fourth-order valence-corrected chi connectivity index (χ4v) is 4.72. The Bertz CT molecular complexity index is 1390. The molecule has 0 saturated heterocycles. The van der Waals surface area contributed by atoms with Gasteiger partial charge >= 0.3 is 17.9 Å². The van der Waals surface area contributed by atoms with Crippen molar-refractivity contribution in [2.45, 2.75) is 108 Å². The van der Waals surface area contributed by atoms with Crippen molar-refractivity contribution >= 4 is 59.4 Å². The van der Waals surface area contributed by atoms with Crippen molar-refractivity contribution in [2.75, 3.05) is 19.7 Å². The topological polar surface area (TPSA) is 432 Å². The van der Waals surface area contributed by atoms with Gasteiger partial charge in [-0.15, -0.1) is 0 Å². The Balaban J connectivity index is 6.15. The highest BCUT2D eigenvalue weighted by Crippen LogP contribution is 2.10. The van der Waals surface area contributed by atoms with Gasteiger partial charge in [0.15, 0.2) is 11.9 Å². The van der Waals surface area contributed by atoms with Gasteiger partial charge in [-0.05, 0) is 44.4 Å². The second-order valence-electron chi connectivity index (χ2n) is 12.5. The summed E-state index contributed by atoms with van der Waals surface area (Å²) in [4.78, 5) is 108. The van der Waals surface area contributed by atoms with Gasteiger partial charge < -0.3 is 75.7 Å². The van der Waals surface area contributed by atoms with Gasteiger partial charge in [0.05, 0.1) is 12.6 Å². The number of amides is 5. The van der Waals surface area contributed by atoms with Crippen LogP contribution in [0.25, 0.3) is 0 Å². The van der Waals surface area contributed by atoms with Crippen LogP contribution in [0.4, 0.5) is 0 Å². The molecule has 0 unspecified atom stereocenters. The van der Waals surface area contributed by atoms with Gasteiger partial charge in [0.25, 0.3) is 0 Å². The van der Waals surface area contributed by atoms with E-state index in [2.05, 4.69) is 36.6 Å². The van der Waals surface area contributed by atoms with Crippen molar-refractivity contribution in [3.8, 4) is 0 Å². The molecule has 0 rings (SSSR count). The van der Waals surface area contributed by atoms with Gasteiger partial charge in [-0.1, -0.05) is 20.3 Å². The first-order valence-corrected chi connectivity index (χ1v) is 17.4. The Morgan fingerprint density at radius 3 is 1.36 bits per heavy atom. The minimum atomic E-state index is -1.83. The van der Waals surface area contributed by atoms with Crippen molar-refractivity contribution in [1.82, 2.24) is 26.6 Å². The number of nitrogens with zero attached hydrogens (tertiary/aromatic N) is 2. The molecule has 312 valence electrons. The van der Waals surface area contributed by atoms with E-state index >= 15 is 0 Å². The average molecular weight is 789 g/mol. The molecule has 0 bridgehead atoms. The first-order valence-electron chi connectivity index (χ1n) is 17.4. The van der Waals surface area contributed by atoms with E-state index in [0.717, 1.165) is 0 Å². The number of aliphatic hydroxyl groups is 1. The Hall–Kier alpha value is -5.78. The fourth-order valence-electron chi connectivity index (χ4n) is 4.72. The van der Waals surface area contributed by atoms with Gasteiger partial charge in [-0.3, -0.25) is 43.5 Å². The predicted molar refractivity (Wildman–Crippen MR) is 195 cm³/mol. The highest BCUT2D eigenvalue weighted by atomic mass is 16.4. The quantitative estimate of drug-likeness (QED) is 0.0200. The minimum absolute atomic E-state index is 0.0445. The smallest absolute Gasteiger partial charge is 0.326 e. The van der Waals surface area contributed by atoms with E-state index in [0.29, 0.717) is 12.8 Å². The van der Waals surface area contributed by atoms with Crippen LogP contribution in [0.15, 0.2) is 9.98 Å². The van der Waals surface area contributed by atoms with Gasteiger partial charge in [-0.25, -0.2) is 4.79 Å². The Morgan fingerprint density at radius 1 is 0.582 bits per heavy atom. The average Bonchev–Trinajstić information content (AvgIpc) is 3.11. The highest BCUT2D eigenvalue weighted by Gasteiger charge is 2.34. The monoisotopic (exact) mass is 788 g/mol. The number of aliphatic carboxylic acids is 3. The molecule has 0 aliphatic carbocycles. The summed E-state index contributed by atoms with van der Waals surface area (Å²) in [6.07, 6.45) is -1.46. The lowest BCUT2D eigenvalue weighted by Crippen LogP contribution is -2.60. The summed E-state index contributed by atoms with van der Waals surface area (Å²) in [5.41, 5.74) is 27.2. The number of nitrogens with two attached hydrogens (primary N) is 5. The molecule has 0 heterocycles. The van der Waals surface area contributed by atoms with Crippen LogP contribution in [0.2, 0.25) is 0 Å². The third kappa shape index (κ3) is 20.9. The largest absolute Gasteiger partial charge is 0.481 e. The summed E-state index contributed by atoms with van der Waals surface area (Å²) in [5, 5.41) is 49.4. The first kappa shape index (κ1) is 49.2. The van der Waals surface area contributed by atoms with Gasteiger partial charge in [0.1, 0.15) is 30.2 Å². The van der Waals surface area contributed by atoms with Crippen LogP contribution in [0.5, 0.6) is 0 Å². The van der Waals surface area contributed by atoms with E-state index in [1.54, 1.807) is 13.8 Å². The van der Waals surface area contributed by atoms with Crippen molar-refractivity contribution in [1.29, 1.82) is 0 Å². The van der Waals surface area contributed by atoms with E-state index in [1.165, 1.54) is 0 Å². The zero-order valence-electron chi connectivity index (χ0n) is 30.9. The maximum absolute atomic E-state index is 13.5. The molecule has 5 amide bonds. The number of carboxylic acid groups (broad SMARTS) is 3. The van der Waals surface area contributed by atoms with E-state index < -0.39 is 122 Å². The van der Waals surface area contributed by atoms with E-state index in [9.17, 15) is 53.7 Å². The van der Waals surface area contributed by atoms with Crippen LogP contribution in [0, 0.1) is 5.92 Å². The number of carbonyl (C=O) groups is 8. The zero-order valence-corrected chi connectivity index (χ0v) is 30.9. The number of carbonyl (C=O) groups excluding carboxylic acids is 5. The van der Waals surface area contributed by atoms with Crippen molar-refractivity contribution in [3.63, 3.8) is 0 Å². The van der Waals surface area contributed by atoms with Crippen LogP contribution in [-0.4, -0.2) is 136 Å². The van der Waals surface area contributed by atoms with Gasteiger partial charge in [0, 0.05) is 25.9 Å². The van der Waals surface area contributed by atoms with Crippen molar-refractivity contribution in [2.24, 2.45) is 44.6 Å². The predicted octanol–water partition coefficient (Wildman–Crippen LogP) is -5.30. The summed E-state index contributed by atoms with van der Waals surface area (Å²) in [6, 6.07) is -8.95. The molecular formula is C31H56N12O12. The maximum atomic E-state index is 13.5. The standard InChI is InChI=1S/C31H56N12O12/c1-3-15(2)23(29(54)55)43-27(52)19(9-11-22(47)48)41-28(53)20(14-44)42-26(51)18(8-10-21(45)46)40-25(50)17(7-5-13-38-31(35)36)39-24(49)16(32)6-4-12-37-30(33)34/h15-20,23,44H,3-14,32H2,1-2H3,(H,39,49)(H,40,50)(H,41,53)(H,42,51)(H,43,52)(H,45,46)(H,47,48)(H,54,55)(H4,33,34,37)(H4,35,36,38)/t15-,16-,17-,18-,19-,20-,23-/m0/s1. The van der Waals surface area contributed by atoms with E-state index in [4.69, 9.17) is 33.8 Å². The number of rotatable bonds is 28. The van der Waals surface area contributed by atoms with Crippen LogP contribution in [0.1, 0.15) is 71.6 Å². The summed E-state index contributed by atoms with van der Waals surface area (Å²) >= 11 is 0. The van der Waals surface area contributed by atoms with Crippen LogP contribution < -0.4 is 55.3 Å². The van der Waals surface area contributed by atoms with Gasteiger partial charge in [-0.2, -0.15) is 0 Å². The molecule has 0 aromatic heterocycles. The molecule has 0 spiro atoms. The molecular weight excluding hydrogens is 732 g/mol. The number of carboxylic acids is 3. The number of aliphatic hydroxyl groups excluding tert-OH is 1. The first-order chi connectivity index (χ1) is 25.7. The molecule has 0 aromatic carbocycles. The number of nitrogens with one attached hydrogen (secondary N) is 5. The van der Waals surface area contributed by atoms with Crippen LogP contribution in [-0.2, 0) is 38.4 Å². The summed E-state index contributed by atoms with van der Waals surface area (Å²) < 4.78 is 0. The fraction of sp³-hybridized carbons (Fsp3) is 0.677. The molecule has 24 nitrogen and oxygen atoms in total. The Labute approximate surface area is 316 Å². The Morgan fingerprint density at radius 2 is 0.964 bits per heavy atom. The molecule has 19 N–H and O–H groups in total. The number of hydrogen-bond acceptors (Lipinski definition) is 12. The van der Waals surface area contributed by atoms with Crippen LogP contribution >= 0.6 is 0 Å². The van der Waals surface area contributed by atoms with Crippen molar-refractivity contribution < 1.29 is 58.8 Å². The molecule has 0 radical (unpaired) electrons. The molecule has 0 saturated carbocycles. The van der Waals surface area contributed by atoms with E-state index in [1.807, 2.05) is 0 Å². The molecule has 7 atom stereocenters. The molecule has 0 aromatic rings. The summed E-state index contributed by atoms with van der Waals surface area (Å²) in [7, 11) is 0.